The van der Waals surface area contributed by atoms with Crippen LogP contribution in [0.4, 0.5) is 0 Å². The van der Waals surface area contributed by atoms with Crippen LogP contribution in [0.25, 0.3) is 0 Å². The Morgan fingerprint density at radius 2 is 1.65 bits per heavy atom. The lowest BCUT2D eigenvalue weighted by atomic mass is 9.70. The van der Waals surface area contributed by atoms with E-state index in [2.05, 4.69) is 85.0 Å². The minimum absolute atomic E-state index is 0.00538. The number of alkyl halides is 2. The summed E-state index contributed by atoms with van der Waals surface area (Å²) in [6.07, 6.45) is 2.82. The first-order valence-electron chi connectivity index (χ1n) is 8.90. The fourth-order valence-corrected chi connectivity index (χ4v) is 5.01. The minimum Gasteiger partial charge on any atom is -0.308 e. The summed E-state index contributed by atoms with van der Waals surface area (Å²) in [6, 6.07) is 20.9. The Labute approximate surface area is 183 Å². The van der Waals surface area contributed by atoms with Crippen molar-refractivity contribution in [2.45, 2.75) is 46.1 Å². The molecule has 0 aliphatic rings. The lowest BCUT2D eigenvalue weighted by molar-refractivity contribution is -0.623. The molecule has 2 rings (SSSR count). The van der Waals surface area contributed by atoms with E-state index in [-0.39, 0.29) is 14.9 Å². The van der Waals surface area contributed by atoms with Crippen LogP contribution in [0.3, 0.4) is 0 Å². The van der Waals surface area contributed by atoms with E-state index in [0.29, 0.717) is 0 Å². The molecule has 2 aromatic rings. The molecule has 0 heterocycles. The molecule has 2 aromatic carbocycles. The van der Waals surface area contributed by atoms with Gasteiger partial charge in [0, 0.05) is 6.42 Å². The van der Waals surface area contributed by atoms with Gasteiger partial charge in [-0.1, -0.05) is 96.6 Å². The molecule has 0 radical (unpaired) electrons. The molecule has 0 saturated heterocycles. The molecule has 5 heteroatoms. The van der Waals surface area contributed by atoms with Crippen molar-refractivity contribution in [3.63, 3.8) is 0 Å². The standard InChI is InChI=1S/C21H26I2N2O/c1-3-14-20(2,17-12-8-5-9-13-17)21(23,25-19(26)18(22)24)15-16-10-6-4-7-11-16/h4-13,18H,3,14-15,24H2,1-2H3,(H,25,26)/p+1/t18?,20-,21?/m0/s1. The van der Waals surface area contributed by atoms with Crippen molar-refractivity contribution in [2.75, 3.05) is 0 Å². The highest BCUT2D eigenvalue weighted by Crippen LogP contribution is 2.43. The van der Waals surface area contributed by atoms with Crippen LogP contribution < -0.4 is 11.1 Å². The van der Waals surface area contributed by atoms with E-state index in [9.17, 15) is 4.79 Å². The molecule has 2 unspecified atom stereocenters. The first-order chi connectivity index (χ1) is 12.3. The number of carbonyl (C=O) groups is 1. The van der Waals surface area contributed by atoms with Crippen molar-refractivity contribution in [3.8, 4) is 0 Å². The summed E-state index contributed by atoms with van der Waals surface area (Å²) < 4.78 is -0.886. The molecule has 26 heavy (non-hydrogen) atoms. The molecule has 0 aliphatic heterocycles. The summed E-state index contributed by atoms with van der Waals surface area (Å²) in [5.74, 6) is -0.00538. The average Bonchev–Trinajstić information content (AvgIpc) is 2.63. The van der Waals surface area contributed by atoms with Crippen molar-refractivity contribution in [2.24, 2.45) is 5.73 Å². The number of quaternary nitrogens is 1. The Balaban J connectivity index is 2.53. The zero-order valence-electron chi connectivity index (χ0n) is 15.3. The molecular weight excluding hydrogens is 550 g/mol. The molecular formula is C21H27I2N2O+. The Hall–Kier alpha value is -0.510. The number of amides is 1. The Kier molecular flexibility index (Phi) is 8.06. The summed E-state index contributed by atoms with van der Waals surface area (Å²) >= 11 is 4.49. The van der Waals surface area contributed by atoms with Crippen molar-refractivity contribution in [3.05, 3.63) is 71.8 Å². The lowest BCUT2D eigenvalue weighted by Gasteiger charge is -2.43. The van der Waals surface area contributed by atoms with E-state index in [1.165, 1.54) is 11.1 Å². The van der Waals surface area contributed by atoms with Gasteiger partial charge in [-0.3, -0.25) is 5.32 Å². The Morgan fingerprint density at radius 3 is 2.15 bits per heavy atom. The molecule has 3 atom stereocenters. The maximum Gasteiger partial charge on any atom is 0.338 e. The fourth-order valence-electron chi connectivity index (χ4n) is 3.50. The summed E-state index contributed by atoms with van der Waals surface area (Å²) in [5, 5.41) is 1.88. The molecule has 3 nitrogen and oxygen atoms in total. The van der Waals surface area contributed by atoms with Crippen LogP contribution in [0.5, 0.6) is 0 Å². The molecule has 0 bridgehead atoms. The number of primary amides is 1. The fraction of sp³-hybridized carbons (Fsp3) is 0.381. The Bertz CT molecular complexity index is 708. The van der Waals surface area contributed by atoms with Gasteiger partial charge >= 0.3 is 5.91 Å². The normalized spacial score (nSPS) is 17.1. The molecule has 4 N–H and O–H groups in total. The van der Waals surface area contributed by atoms with Crippen LogP contribution in [0.1, 0.15) is 37.8 Å². The summed E-state index contributed by atoms with van der Waals surface area (Å²) in [4.78, 5) is 12.6. The first-order valence-corrected chi connectivity index (χ1v) is 11.2. The van der Waals surface area contributed by atoms with Crippen LogP contribution in [0, 0.1) is 0 Å². The van der Waals surface area contributed by atoms with Gasteiger partial charge < -0.3 is 5.73 Å². The summed E-state index contributed by atoms with van der Waals surface area (Å²) in [5.41, 5.74) is 8.21. The zero-order chi connectivity index (χ0) is 19.2. The molecule has 0 saturated carbocycles. The van der Waals surface area contributed by atoms with E-state index in [1.54, 1.807) is 0 Å². The molecule has 140 valence electrons. The van der Waals surface area contributed by atoms with Crippen LogP contribution >= 0.6 is 45.2 Å². The van der Waals surface area contributed by atoms with E-state index < -0.39 is 4.05 Å². The van der Waals surface area contributed by atoms with Crippen LogP contribution in [0.15, 0.2) is 60.7 Å². The van der Waals surface area contributed by atoms with Crippen molar-refractivity contribution < 1.29 is 10.1 Å². The van der Waals surface area contributed by atoms with Crippen molar-refractivity contribution in [1.29, 1.82) is 0 Å². The number of nitrogens with two attached hydrogens (primary N) is 2. The average molecular weight is 577 g/mol. The topological polar surface area (TPSA) is 59.7 Å². The number of hydrogen-bond acceptors (Lipinski definition) is 2. The maximum atomic E-state index is 12.6. The largest absolute Gasteiger partial charge is 0.338 e. The molecule has 0 aliphatic carbocycles. The van der Waals surface area contributed by atoms with Gasteiger partial charge in [-0.15, -0.1) is 0 Å². The van der Waals surface area contributed by atoms with E-state index >= 15 is 0 Å². The van der Waals surface area contributed by atoms with E-state index in [1.807, 2.05) is 40.0 Å². The second-order valence-electron chi connectivity index (χ2n) is 6.92. The predicted molar refractivity (Wildman–Crippen MR) is 125 cm³/mol. The number of hydrogen-bond donors (Lipinski definition) is 2. The van der Waals surface area contributed by atoms with Crippen LogP contribution in [-0.2, 0) is 16.6 Å². The lowest BCUT2D eigenvalue weighted by Crippen LogP contribution is -3.03. The zero-order valence-corrected chi connectivity index (χ0v) is 19.6. The third-order valence-corrected chi connectivity index (χ3v) is 7.52. The van der Waals surface area contributed by atoms with Gasteiger partial charge in [0.15, 0.2) is 7.59 Å². The second kappa shape index (κ2) is 9.61. The third kappa shape index (κ3) is 5.05. The van der Waals surface area contributed by atoms with E-state index in [4.69, 9.17) is 5.73 Å². The SMILES string of the molecule is CCC[C@@](C)(c1ccccc1)C(I)(Cc1ccccc1)[NH2+]C(=O)C(N)I. The van der Waals surface area contributed by atoms with Crippen LogP contribution in [-0.4, -0.2) is 13.5 Å². The second-order valence-corrected chi connectivity index (χ2v) is 10.2. The molecule has 1 amide bonds. The highest BCUT2D eigenvalue weighted by atomic mass is 127. The Morgan fingerprint density at radius 1 is 1.12 bits per heavy atom. The molecule has 0 aromatic heterocycles. The van der Waals surface area contributed by atoms with Crippen LogP contribution in [0.2, 0.25) is 0 Å². The van der Waals surface area contributed by atoms with Gasteiger partial charge in [-0.05, 0) is 47.1 Å². The number of rotatable bonds is 8. The maximum absolute atomic E-state index is 12.6. The van der Waals surface area contributed by atoms with Crippen molar-refractivity contribution >= 4 is 51.1 Å². The van der Waals surface area contributed by atoms with Gasteiger partial charge in [-0.2, -0.15) is 0 Å². The van der Waals surface area contributed by atoms with Crippen molar-refractivity contribution in [1.82, 2.24) is 0 Å². The van der Waals surface area contributed by atoms with Gasteiger partial charge in [0.05, 0.1) is 5.41 Å². The van der Waals surface area contributed by atoms with Gasteiger partial charge in [0.25, 0.3) is 0 Å². The first kappa shape index (κ1) is 21.8. The molecule has 0 spiro atoms. The highest BCUT2D eigenvalue weighted by molar-refractivity contribution is 14.1. The number of benzene rings is 2. The third-order valence-electron chi connectivity index (χ3n) is 5.03. The van der Waals surface area contributed by atoms with E-state index in [0.717, 1.165) is 19.3 Å². The quantitative estimate of drug-likeness (QED) is 0.284. The highest BCUT2D eigenvalue weighted by Gasteiger charge is 2.52. The summed E-state index contributed by atoms with van der Waals surface area (Å²) in [7, 11) is 0. The van der Waals surface area contributed by atoms with Gasteiger partial charge in [0.1, 0.15) is 0 Å². The van der Waals surface area contributed by atoms with Gasteiger partial charge in [-0.25, -0.2) is 4.79 Å². The number of carbonyl (C=O) groups excluding carboxylic acids is 1. The molecule has 0 fully saturated rings. The minimum atomic E-state index is -0.515. The number of halogens is 2. The summed E-state index contributed by atoms with van der Waals surface area (Å²) in [6.45, 7) is 4.48. The monoisotopic (exact) mass is 577 g/mol. The smallest absolute Gasteiger partial charge is 0.308 e. The van der Waals surface area contributed by atoms with Gasteiger partial charge in [0.2, 0.25) is 0 Å². The predicted octanol–water partition coefficient (Wildman–Crippen LogP) is 3.93.